The van der Waals surface area contributed by atoms with E-state index in [9.17, 15) is 9.59 Å². The molecule has 0 heterocycles. The molecule has 0 spiro atoms. The van der Waals surface area contributed by atoms with Gasteiger partial charge in [-0.3, -0.25) is 9.59 Å². The molecule has 0 aromatic heterocycles. The molecule has 3 aromatic rings. The lowest BCUT2D eigenvalue weighted by Crippen LogP contribution is -2.59. The average Bonchev–Trinajstić information content (AvgIpc) is 0.811. The maximum atomic E-state index is 15.4. The largest absolute Gasteiger partial charge is 0.493 e. The normalized spacial score (nSPS) is 11.3. The highest BCUT2D eigenvalue weighted by atomic mass is 16.6. The number of methoxy groups -OCH3 is 3. The van der Waals surface area contributed by atoms with Crippen molar-refractivity contribution in [3.63, 3.8) is 0 Å². The summed E-state index contributed by atoms with van der Waals surface area (Å²) >= 11 is 0. The molecule has 1 amide bonds. The number of hydrogen-bond acceptors (Lipinski definition) is 25. The Kier molecular flexibility index (Phi) is 73.6. The van der Waals surface area contributed by atoms with Gasteiger partial charge < -0.3 is 100 Å². The van der Waals surface area contributed by atoms with Crippen LogP contribution in [0, 0.1) is 12.3 Å². The van der Waals surface area contributed by atoms with E-state index in [4.69, 9.17) is 101 Å². The van der Waals surface area contributed by atoms with Crippen LogP contribution in [-0.4, -0.2) is 228 Å². The second kappa shape index (κ2) is 82.0. The molecule has 0 saturated carbocycles. The first-order valence-corrected chi connectivity index (χ1v) is 48.6. The van der Waals surface area contributed by atoms with Crippen LogP contribution in [0.3, 0.4) is 0 Å². The minimum Gasteiger partial charge on any atom is -0.493 e. The minimum absolute atomic E-state index is 0.00455. The summed E-state index contributed by atoms with van der Waals surface area (Å²) in [4.78, 5) is 73.5. The fourth-order valence-corrected chi connectivity index (χ4v) is 13.8. The quantitative estimate of drug-likeness (QED) is 0.0238. The van der Waals surface area contributed by atoms with E-state index in [1.807, 2.05) is 0 Å². The molecule has 726 valence electrons. The Labute approximate surface area is 763 Å². The topological polar surface area (TPSA) is 282 Å². The maximum absolute atomic E-state index is 15.4. The van der Waals surface area contributed by atoms with E-state index in [1.165, 1.54) is 166 Å². The van der Waals surface area contributed by atoms with Gasteiger partial charge in [0.15, 0.2) is 18.1 Å². The highest BCUT2D eigenvalue weighted by Crippen LogP contribution is 2.40. The first kappa shape index (κ1) is 114. The lowest BCUT2D eigenvalue weighted by atomic mass is 10.0. The molecule has 0 aliphatic heterocycles. The monoisotopic (exact) mass is 1790 g/mol. The second-order valence-corrected chi connectivity index (χ2v) is 32.4. The molecule has 0 radical (unpaired) electrons. The van der Waals surface area contributed by atoms with Crippen LogP contribution in [0.25, 0.3) is 0 Å². The molecular formula is C101H167NO25. The Morgan fingerprint density at radius 1 is 0.283 bits per heavy atom. The predicted molar refractivity (Wildman–Crippen MR) is 496 cm³/mol. The van der Waals surface area contributed by atoms with Crippen molar-refractivity contribution in [2.75, 3.05) is 193 Å². The Balaban J connectivity index is 2.28. The number of unbranched alkanes of at least 4 members (excludes halogenated alkanes) is 36. The van der Waals surface area contributed by atoms with Gasteiger partial charge in [-0.15, -0.1) is 6.42 Å². The fourth-order valence-electron chi connectivity index (χ4n) is 13.8. The Bertz CT molecular complexity index is 2970. The third-order valence-electron chi connectivity index (χ3n) is 21.1. The Hall–Kier alpha value is -7.19. The zero-order valence-electron chi connectivity index (χ0n) is 79.5. The second-order valence-electron chi connectivity index (χ2n) is 32.4. The van der Waals surface area contributed by atoms with Crippen LogP contribution < -0.4 is 38.5 Å². The molecule has 0 atom stereocenters. The van der Waals surface area contributed by atoms with E-state index < -0.39 is 68.0 Å². The molecule has 0 bridgehead atoms. The number of amides is 1. The number of rotatable bonds is 92. The van der Waals surface area contributed by atoms with E-state index in [2.05, 4.69) is 38.9 Å². The number of carbonyl (C=O) groups is 5. The summed E-state index contributed by atoms with van der Waals surface area (Å²) in [5.41, 5.74) is -2.17. The standard InChI is InChI=1S/C101H167NO25/c1-9-14-18-22-26-30-34-38-42-46-53-117-89-75-86(76-90(81-89)118-54-47-43-39-35-31-27-23-19-15-10-2)98(105)125-83-101(102-95(103)50-51-96(104)123-52-13-5,84-126-99(106)87-77-91(119-55-48-44-40-36-32-28-24-20-16-11-3)82-92(78-87)120-56-49-45-41-37-33-29-25-21-17-12-4)85-127-100(107)88-79-93(121-72-69-114-66-63-111-60-57-108-6)97(124-74-71-116-68-65-113-62-59-110-8)94(80-88)122-73-70-115-67-64-112-61-58-109-7/h5,75-82H,9-12,14-74,83-85H2,1-4,6-8H3,(H,102,103). The SMILES string of the molecule is C#CCOC(=O)CCC(=O)NC(COC(=O)c1cc(OCCCCCCCCCCCC)cc(OCCCCCCCCCCCC)c1)(COC(=O)c1cc(OCCCCCCCCCCCC)cc(OCCCCCCCCCCCC)c1)COC(=O)c1cc(OCCOCCOCCOC)c(OCCOCCOCCOC)c(OCCOCCOCCOC)c1. The third-order valence-corrected chi connectivity index (χ3v) is 21.1. The zero-order valence-corrected chi connectivity index (χ0v) is 79.5. The van der Waals surface area contributed by atoms with Gasteiger partial charge in [0.1, 0.15) is 68.2 Å². The smallest absolute Gasteiger partial charge is 0.338 e. The summed E-state index contributed by atoms with van der Waals surface area (Å²) in [7, 11) is 4.78. The predicted octanol–water partition coefficient (Wildman–Crippen LogP) is 20.7. The van der Waals surface area contributed by atoms with Crippen molar-refractivity contribution in [3.8, 4) is 52.6 Å². The van der Waals surface area contributed by atoms with Gasteiger partial charge in [-0.25, -0.2) is 14.4 Å². The maximum Gasteiger partial charge on any atom is 0.338 e. The number of ether oxygens (including phenoxy) is 20. The first-order chi connectivity index (χ1) is 62.4. The number of terminal acetylenes is 1. The van der Waals surface area contributed by atoms with Gasteiger partial charge >= 0.3 is 23.9 Å². The van der Waals surface area contributed by atoms with Crippen molar-refractivity contribution < 1.29 is 119 Å². The van der Waals surface area contributed by atoms with Crippen molar-refractivity contribution in [1.29, 1.82) is 0 Å². The van der Waals surface area contributed by atoms with Gasteiger partial charge in [0, 0.05) is 39.9 Å². The van der Waals surface area contributed by atoms with Crippen LogP contribution >= 0.6 is 0 Å². The highest BCUT2D eigenvalue weighted by molar-refractivity contribution is 5.92. The molecule has 0 saturated heterocycles. The molecule has 1 N–H and O–H groups in total. The minimum atomic E-state index is -2.14. The molecule has 26 heteroatoms. The van der Waals surface area contributed by atoms with Gasteiger partial charge in [-0.1, -0.05) is 265 Å². The molecule has 0 aliphatic carbocycles. The lowest BCUT2D eigenvalue weighted by molar-refractivity contribution is -0.144. The summed E-state index contributed by atoms with van der Waals surface area (Å²) in [6.45, 7) is 12.0. The van der Waals surface area contributed by atoms with E-state index in [0.29, 0.717) is 109 Å². The average molecular weight is 1800 g/mol. The van der Waals surface area contributed by atoms with Gasteiger partial charge in [-0.05, 0) is 62.1 Å². The van der Waals surface area contributed by atoms with Crippen molar-refractivity contribution in [3.05, 3.63) is 65.2 Å². The summed E-state index contributed by atoms with van der Waals surface area (Å²) in [6.07, 6.45) is 50.2. The van der Waals surface area contributed by atoms with Gasteiger partial charge in [0.25, 0.3) is 0 Å². The van der Waals surface area contributed by atoms with Crippen molar-refractivity contribution in [2.24, 2.45) is 0 Å². The Morgan fingerprint density at radius 2 is 0.535 bits per heavy atom. The van der Waals surface area contributed by atoms with Crippen LogP contribution in [0.15, 0.2) is 48.5 Å². The summed E-state index contributed by atoms with van der Waals surface area (Å²) < 4.78 is 119. The van der Waals surface area contributed by atoms with E-state index in [1.54, 1.807) is 57.7 Å². The molecule has 0 aliphatic rings. The van der Waals surface area contributed by atoms with Gasteiger partial charge in [-0.2, -0.15) is 0 Å². The molecule has 3 aromatic carbocycles. The van der Waals surface area contributed by atoms with Gasteiger partial charge in [0.05, 0.1) is 149 Å². The first-order valence-electron chi connectivity index (χ1n) is 48.6. The molecule has 26 nitrogen and oxygen atoms in total. The van der Waals surface area contributed by atoms with E-state index >= 15 is 14.4 Å². The summed E-state index contributed by atoms with van der Waals surface area (Å²) in [6, 6.07) is 12.6. The molecule has 0 unspecified atom stereocenters. The highest BCUT2D eigenvalue weighted by Gasteiger charge is 2.39. The van der Waals surface area contributed by atoms with Crippen LogP contribution in [0.4, 0.5) is 0 Å². The molecule has 0 fully saturated rings. The third kappa shape index (κ3) is 61.9. The van der Waals surface area contributed by atoms with Crippen molar-refractivity contribution >= 4 is 29.8 Å². The number of benzene rings is 3. The molecule has 3 rings (SSSR count). The number of esters is 4. The van der Waals surface area contributed by atoms with Gasteiger partial charge in [0.2, 0.25) is 11.7 Å². The fraction of sp³-hybridized carbons (Fsp3) is 0.752. The van der Waals surface area contributed by atoms with E-state index in [0.717, 1.165) is 103 Å². The number of carbonyl (C=O) groups excluding carboxylic acids is 5. The number of nitrogens with one attached hydrogen (secondary N) is 1. The van der Waals surface area contributed by atoms with Crippen LogP contribution in [-0.2, 0) is 71.2 Å². The van der Waals surface area contributed by atoms with Crippen LogP contribution in [0.2, 0.25) is 0 Å². The van der Waals surface area contributed by atoms with Crippen molar-refractivity contribution in [2.45, 2.75) is 303 Å². The summed E-state index contributed by atoms with van der Waals surface area (Å²) in [5, 5.41) is 2.89. The van der Waals surface area contributed by atoms with E-state index in [-0.39, 0.29) is 100 Å². The van der Waals surface area contributed by atoms with Crippen LogP contribution in [0.1, 0.15) is 328 Å². The van der Waals surface area contributed by atoms with Crippen LogP contribution in [0.5, 0.6) is 40.2 Å². The number of hydrogen-bond donors (Lipinski definition) is 1. The summed E-state index contributed by atoms with van der Waals surface area (Å²) in [5.74, 6) is -0.377. The Morgan fingerprint density at radius 3 is 0.811 bits per heavy atom. The zero-order chi connectivity index (χ0) is 91.5. The molecular weight excluding hydrogens is 1630 g/mol. The van der Waals surface area contributed by atoms with Crippen molar-refractivity contribution in [1.82, 2.24) is 5.32 Å². The lowest BCUT2D eigenvalue weighted by Gasteiger charge is -2.33. The molecule has 127 heavy (non-hydrogen) atoms.